The van der Waals surface area contributed by atoms with E-state index in [4.69, 9.17) is 0 Å². The number of alkyl halides is 1. The van der Waals surface area contributed by atoms with Crippen LogP contribution in [-0.4, -0.2) is 11.5 Å². The number of halogens is 1. The van der Waals surface area contributed by atoms with E-state index in [1.165, 1.54) is 0 Å². The van der Waals surface area contributed by atoms with Crippen LogP contribution in [0, 0.1) is 0 Å². The minimum atomic E-state index is -1.30. The first kappa shape index (κ1) is 10.1. The zero-order valence-electron chi connectivity index (χ0n) is 8.83. The molecule has 0 bridgehead atoms. The quantitative estimate of drug-likeness (QED) is 0.763. The third kappa shape index (κ3) is 2.01. The van der Waals surface area contributed by atoms with Crippen molar-refractivity contribution in [3.8, 4) is 0 Å². The lowest BCUT2D eigenvalue weighted by Crippen LogP contribution is -2.35. The molecule has 1 N–H and O–H groups in total. The van der Waals surface area contributed by atoms with Gasteiger partial charge in [-0.1, -0.05) is 12.1 Å². The Morgan fingerprint density at radius 1 is 1.53 bits per heavy atom. The van der Waals surface area contributed by atoms with E-state index >= 15 is 0 Å². The van der Waals surface area contributed by atoms with Gasteiger partial charge in [0.1, 0.15) is 0 Å². The second kappa shape index (κ2) is 4.01. The molecule has 1 saturated heterocycles. The van der Waals surface area contributed by atoms with E-state index in [1.807, 2.05) is 25.1 Å². The number of nitrogens with one attached hydrogen (secondary N) is 1. The smallest absolute Gasteiger partial charge is 0.159 e. The summed E-state index contributed by atoms with van der Waals surface area (Å²) >= 11 is 0. The summed E-state index contributed by atoms with van der Waals surface area (Å²) in [7, 11) is 0. The van der Waals surface area contributed by atoms with E-state index < -0.39 is 5.67 Å². The Hall–Kier alpha value is -1.38. The van der Waals surface area contributed by atoms with Crippen molar-refractivity contribution >= 4 is 0 Å². The summed E-state index contributed by atoms with van der Waals surface area (Å²) in [4.78, 5) is 4.11. The molecule has 0 saturated carbocycles. The molecule has 0 spiro atoms. The average Bonchev–Trinajstić information content (AvgIpc) is 2.30. The molecule has 0 radical (unpaired) electrons. The lowest BCUT2D eigenvalue weighted by atomic mass is 9.88. The van der Waals surface area contributed by atoms with Crippen LogP contribution >= 0.6 is 0 Å². The minimum absolute atomic E-state index is 0.403. The first-order valence-electron chi connectivity index (χ1n) is 5.24. The van der Waals surface area contributed by atoms with Crippen molar-refractivity contribution in [1.82, 2.24) is 10.3 Å². The van der Waals surface area contributed by atoms with Gasteiger partial charge in [-0.15, -0.1) is 0 Å². The third-order valence-corrected chi connectivity index (χ3v) is 2.82. The van der Waals surface area contributed by atoms with Crippen molar-refractivity contribution in [1.29, 1.82) is 0 Å². The van der Waals surface area contributed by atoms with Crippen molar-refractivity contribution < 1.29 is 4.39 Å². The first-order valence-corrected chi connectivity index (χ1v) is 5.24. The van der Waals surface area contributed by atoms with Crippen molar-refractivity contribution in [2.45, 2.75) is 25.4 Å². The zero-order chi connectivity index (χ0) is 10.7. The Morgan fingerprint density at radius 3 is 3.07 bits per heavy atom. The van der Waals surface area contributed by atoms with Crippen LogP contribution in [0.3, 0.4) is 0 Å². The fourth-order valence-electron chi connectivity index (χ4n) is 1.92. The van der Waals surface area contributed by atoms with E-state index in [0.717, 1.165) is 5.70 Å². The molecule has 3 heteroatoms. The summed E-state index contributed by atoms with van der Waals surface area (Å²) in [5.74, 6) is 0. The molecule has 1 aromatic rings. The second-order valence-electron chi connectivity index (χ2n) is 3.85. The number of pyridine rings is 1. The number of aromatic nitrogens is 1. The topological polar surface area (TPSA) is 24.9 Å². The molecule has 2 heterocycles. The highest BCUT2D eigenvalue weighted by Gasteiger charge is 2.36. The van der Waals surface area contributed by atoms with Crippen LogP contribution in [0.1, 0.15) is 25.5 Å². The number of piperidine rings is 1. The molecule has 1 atom stereocenters. The maximum atomic E-state index is 14.6. The van der Waals surface area contributed by atoms with Gasteiger partial charge in [0.05, 0.1) is 5.69 Å². The van der Waals surface area contributed by atoms with Gasteiger partial charge in [0, 0.05) is 31.3 Å². The zero-order valence-corrected chi connectivity index (χ0v) is 8.83. The molecule has 80 valence electrons. The first-order chi connectivity index (χ1) is 7.24. The Kier molecular flexibility index (Phi) is 2.71. The molecular formula is C12H15FN2. The standard InChI is InChI=1S/C12H15FN2/c1-2-10-9-12(13,6-8-14-10)11-5-3-4-7-15-11/h2-5,7,14H,6,8-9H2,1H3/b10-2-. The summed E-state index contributed by atoms with van der Waals surface area (Å²) in [6.07, 6.45) is 4.46. The number of hydrogen-bond acceptors (Lipinski definition) is 2. The maximum absolute atomic E-state index is 14.6. The molecule has 2 rings (SSSR count). The van der Waals surface area contributed by atoms with Gasteiger partial charge in [-0.05, 0) is 19.1 Å². The van der Waals surface area contributed by atoms with Crippen LogP contribution in [0.2, 0.25) is 0 Å². The second-order valence-corrected chi connectivity index (χ2v) is 3.85. The highest BCUT2D eigenvalue weighted by molar-refractivity contribution is 5.19. The van der Waals surface area contributed by atoms with Gasteiger partial charge in [-0.3, -0.25) is 4.98 Å². The lowest BCUT2D eigenvalue weighted by Gasteiger charge is -2.31. The molecule has 1 unspecified atom stereocenters. The van der Waals surface area contributed by atoms with Crippen LogP contribution in [0.25, 0.3) is 0 Å². The summed E-state index contributed by atoms with van der Waals surface area (Å²) in [6.45, 7) is 2.60. The molecule has 1 fully saturated rings. The normalized spacial score (nSPS) is 28.8. The van der Waals surface area contributed by atoms with E-state index in [0.29, 0.717) is 25.1 Å². The van der Waals surface area contributed by atoms with Gasteiger partial charge in [-0.25, -0.2) is 4.39 Å². The molecule has 0 aromatic carbocycles. The van der Waals surface area contributed by atoms with Crippen LogP contribution in [0.15, 0.2) is 36.2 Å². The molecule has 1 aromatic heterocycles. The highest BCUT2D eigenvalue weighted by atomic mass is 19.1. The Morgan fingerprint density at radius 2 is 2.40 bits per heavy atom. The monoisotopic (exact) mass is 206 g/mol. The Balaban J connectivity index is 2.27. The molecular weight excluding hydrogens is 191 g/mol. The van der Waals surface area contributed by atoms with Crippen molar-refractivity contribution in [2.75, 3.05) is 6.54 Å². The summed E-state index contributed by atoms with van der Waals surface area (Å²) in [5, 5.41) is 3.19. The number of rotatable bonds is 1. The fraction of sp³-hybridized carbons (Fsp3) is 0.417. The predicted octanol–water partition coefficient (Wildman–Crippen LogP) is 2.53. The Labute approximate surface area is 89.2 Å². The van der Waals surface area contributed by atoms with Gasteiger partial charge < -0.3 is 5.32 Å². The van der Waals surface area contributed by atoms with Crippen molar-refractivity contribution in [3.05, 3.63) is 41.9 Å². The number of nitrogens with zero attached hydrogens (tertiary/aromatic N) is 1. The van der Waals surface area contributed by atoms with E-state index in [2.05, 4.69) is 10.3 Å². The average molecular weight is 206 g/mol. The SMILES string of the molecule is C/C=C1/CC(F)(c2ccccn2)CCN1. The molecule has 0 amide bonds. The molecule has 1 aliphatic heterocycles. The van der Waals surface area contributed by atoms with E-state index in [1.54, 1.807) is 12.3 Å². The summed E-state index contributed by atoms with van der Waals surface area (Å²) < 4.78 is 14.6. The Bertz CT molecular complexity index is 361. The van der Waals surface area contributed by atoms with Gasteiger partial charge in [0.15, 0.2) is 5.67 Å². The van der Waals surface area contributed by atoms with Crippen molar-refractivity contribution in [3.63, 3.8) is 0 Å². The summed E-state index contributed by atoms with van der Waals surface area (Å²) in [6, 6.07) is 5.41. The largest absolute Gasteiger partial charge is 0.388 e. The summed E-state index contributed by atoms with van der Waals surface area (Å²) in [5.41, 5.74) is 0.217. The van der Waals surface area contributed by atoms with Crippen molar-refractivity contribution in [2.24, 2.45) is 0 Å². The third-order valence-electron chi connectivity index (χ3n) is 2.82. The van der Waals surface area contributed by atoms with Gasteiger partial charge >= 0.3 is 0 Å². The maximum Gasteiger partial charge on any atom is 0.159 e. The number of allylic oxidation sites excluding steroid dienone is 2. The minimum Gasteiger partial charge on any atom is -0.388 e. The number of hydrogen-bond donors (Lipinski definition) is 1. The fourth-order valence-corrected chi connectivity index (χ4v) is 1.92. The molecule has 2 nitrogen and oxygen atoms in total. The molecule has 0 aliphatic carbocycles. The van der Waals surface area contributed by atoms with Gasteiger partial charge in [0.2, 0.25) is 0 Å². The lowest BCUT2D eigenvalue weighted by molar-refractivity contribution is 0.126. The van der Waals surface area contributed by atoms with Gasteiger partial charge in [0.25, 0.3) is 0 Å². The molecule has 15 heavy (non-hydrogen) atoms. The molecule has 1 aliphatic rings. The van der Waals surface area contributed by atoms with Crippen LogP contribution in [-0.2, 0) is 5.67 Å². The van der Waals surface area contributed by atoms with E-state index in [9.17, 15) is 4.39 Å². The van der Waals surface area contributed by atoms with E-state index in [-0.39, 0.29) is 0 Å². The van der Waals surface area contributed by atoms with Crippen LogP contribution in [0.5, 0.6) is 0 Å². The predicted molar refractivity (Wildman–Crippen MR) is 58.0 cm³/mol. The van der Waals surface area contributed by atoms with Crippen LogP contribution in [0.4, 0.5) is 4.39 Å². The highest BCUT2D eigenvalue weighted by Crippen LogP contribution is 2.36. The van der Waals surface area contributed by atoms with Crippen LogP contribution < -0.4 is 5.32 Å². The van der Waals surface area contributed by atoms with Gasteiger partial charge in [-0.2, -0.15) is 0 Å².